The maximum Gasteiger partial charge on any atom is 0.142 e. The van der Waals surface area contributed by atoms with Crippen molar-refractivity contribution in [1.29, 1.82) is 0 Å². The van der Waals surface area contributed by atoms with Crippen molar-refractivity contribution in [1.82, 2.24) is 0 Å². The minimum absolute atomic E-state index is 0.164. The minimum Gasteiger partial charge on any atom is -0.381 e. The molecule has 0 aromatic heterocycles. The zero-order chi connectivity index (χ0) is 17.6. The Morgan fingerprint density at radius 1 is 1.04 bits per heavy atom. The molecule has 0 heterocycles. The van der Waals surface area contributed by atoms with E-state index in [4.69, 9.17) is 16.3 Å². The Labute approximate surface area is 154 Å². The normalized spacial score (nSPS) is 20.9. The van der Waals surface area contributed by atoms with Crippen LogP contribution in [-0.2, 0) is 4.74 Å². The first kappa shape index (κ1) is 18.2. The molecular formula is C22H24ClFO. The quantitative estimate of drug-likeness (QED) is 0.545. The van der Waals surface area contributed by atoms with Crippen LogP contribution in [0.1, 0.15) is 37.2 Å². The summed E-state index contributed by atoms with van der Waals surface area (Å²) in [4.78, 5) is 0. The molecule has 25 heavy (non-hydrogen) atoms. The largest absolute Gasteiger partial charge is 0.381 e. The van der Waals surface area contributed by atoms with Crippen LogP contribution in [-0.4, -0.2) is 13.7 Å². The summed E-state index contributed by atoms with van der Waals surface area (Å²) in [5.74, 6) is 0.939. The van der Waals surface area contributed by atoms with Crippen molar-refractivity contribution < 1.29 is 9.13 Å². The van der Waals surface area contributed by atoms with Gasteiger partial charge in [-0.25, -0.2) is 4.39 Å². The predicted molar refractivity (Wildman–Crippen MR) is 103 cm³/mol. The minimum atomic E-state index is -0.372. The van der Waals surface area contributed by atoms with E-state index in [2.05, 4.69) is 36.4 Å². The molecular weight excluding hydrogens is 335 g/mol. The molecule has 0 saturated heterocycles. The fourth-order valence-electron chi connectivity index (χ4n) is 3.61. The van der Waals surface area contributed by atoms with Crippen molar-refractivity contribution in [2.24, 2.45) is 5.92 Å². The van der Waals surface area contributed by atoms with Gasteiger partial charge in [0.2, 0.25) is 0 Å². The third kappa shape index (κ3) is 4.71. The molecule has 1 aliphatic carbocycles. The van der Waals surface area contributed by atoms with Crippen LogP contribution >= 0.6 is 11.6 Å². The highest BCUT2D eigenvalue weighted by molar-refractivity contribution is 6.30. The molecule has 132 valence electrons. The number of allylic oxidation sites excluding steroid dienone is 1. The first-order valence-electron chi connectivity index (χ1n) is 8.88. The van der Waals surface area contributed by atoms with Crippen molar-refractivity contribution in [3.05, 3.63) is 71.0 Å². The highest BCUT2D eigenvalue weighted by Crippen LogP contribution is 2.37. The van der Waals surface area contributed by atoms with Gasteiger partial charge in [0.1, 0.15) is 5.82 Å². The molecule has 0 spiro atoms. The fraction of sp³-hybridized carbons (Fsp3) is 0.364. The monoisotopic (exact) mass is 358 g/mol. The summed E-state index contributed by atoms with van der Waals surface area (Å²) in [7, 11) is 1.73. The Bertz CT molecular complexity index is 715. The van der Waals surface area contributed by atoms with Gasteiger partial charge in [-0.05, 0) is 66.3 Å². The molecule has 1 nitrogen and oxygen atoms in total. The summed E-state index contributed by atoms with van der Waals surface area (Å²) in [6, 6.07) is 13.5. The first-order chi connectivity index (χ1) is 12.2. The highest BCUT2D eigenvalue weighted by Gasteiger charge is 2.20. The van der Waals surface area contributed by atoms with Gasteiger partial charge in [0, 0.05) is 7.11 Å². The van der Waals surface area contributed by atoms with Crippen LogP contribution < -0.4 is 0 Å². The molecule has 0 N–H and O–H groups in total. The second kappa shape index (κ2) is 8.64. The summed E-state index contributed by atoms with van der Waals surface area (Å²) >= 11 is 5.76. The van der Waals surface area contributed by atoms with Crippen molar-refractivity contribution in [3.63, 3.8) is 0 Å². The van der Waals surface area contributed by atoms with E-state index in [0.717, 1.165) is 11.1 Å². The molecule has 0 unspecified atom stereocenters. The van der Waals surface area contributed by atoms with E-state index in [1.807, 2.05) is 6.07 Å². The van der Waals surface area contributed by atoms with Crippen molar-refractivity contribution >= 4 is 11.6 Å². The second-order valence-corrected chi connectivity index (χ2v) is 7.15. The van der Waals surface area contributed by atoms with E-state index in [9.17, 15) is 4.39 Å². The van der Waals surface area contributed by atoms with Crippen LogP contribution in [0.25, 0.3) is 11.1 Å². The van der Waals surface area contributed by atoms with Crippen LogP contribution in [0.3, 0.4) is 0 Å². The average Bonchev–Trinajstić information content (AvgIpc) is 2.65. The molecule has 1 fully saturated rings. The summed E-state index contributed by atoms with van der Waals surface area (Å²) in [6.45, 7) is 0.701. The van der Waals surface area contributed by atoms with E-state index < -0.39 is 0 Å². The van der Waals surface area contributed by atoms with Crippen molar-refractivity contribution in [2.45, 2.75) is 31.6 Å². The smallest absolute Gasteiger partial charge is 0.142 e. The molecule has 2 aromatic carbocycles. The molecule has 0 radical (unpaired) electrons. The van der Waals surface area contributed by atoms with Gasteiger partial charge >= 0.3 is 0 Å². The van der Waals surface area contributed by atoms with E-state index in [-0.39, 0.29) is 10.8 Å². The Morgan fingerprint density at radius 3 is 2.36 bits per heavy atom. The van der Waals surface area contributed by atoms with Gasteiger partial charge in [0.05, 0.1) is 11.6 Å². The van der Waals surface area contributed by atoms with E-state index >= 15 is 0 Å². The number of halogens is 2. The second-order valence-electron chi connectivity index (χ2n) is 6.75. The molecule has 1 saturated carbocycles. The van der Waals surface area contributed by atoms with Gasteiger partial charge < -0.3 is 4.74 Å². The summed E-state index contributed by atoms with van der Waals surface area (Å²) in [5, 5.41) is 0.164. The fourth-order valence-corrected chi connectivity index (χ4v) is 3.73. The molecule has 3 heteroatoms. The molecule has 0 aliphatic heterocycles. The molecule has 1 aliphatic rings. The lowest BCUT2D eigenvalue weighted by molar-refractivity contribution is 0.233. The lowest BCUT2D eigenvalue weighted by atomic mass is 9.78. The lowest BCUT2D eigenvalue weighted by Gasteiger charge is -2.27. The number of hydrogen-bond acceptors (Lipinski definition) is 1. The van der Waals surface area contributed by atoms with Gasteiger partial charge in [-0.15, -0.1) is 0 Å². The first-order valence-corrected chi connectivity index (χ1v) is 9.26. The lowest BCUT2D eigenvalue weighted by Crippen LogP contribution is -2.11. The number of benzene rings is 2. The third-order valence-electron chi connectivity index (χ3n) is 5.08. The van der Waals surface area contributed by atoms with Crippen molar-refractivity contribution in [2.75, 3.05) is 13.7 Å². The zero-order valence-corrected chi connectivity index (χ0v) is 15.3. The Hall–Kier alpha value is -1.64. The van der Waals surface area contributed by atoms with E-state index in [1.54, 1.807) is 13.2 Å². The molecule has 0 bridgehead atoms. The van der Waals surface area contributed by atoms with Gasteiger partial charge in [-0.3, -0.25) is 0 Å². The number of ether oxygens (including phenoxy) is 1. The predicted octanol–water partition coefficient (Wildman–Crippen LogP) is 6.62. The maximum absolute atomic E-state index is 13.6. The number of rotatable bonds is 5. The third-order valence-corrected chi connectivity index (χ3v) is 5.38. The van der Waals surface area contributed by atoms with Crippen LogP contribution in [0, 0.1) is 11.7 Å². The highest BCUT2D eigenvalue weighted by atomic mass is 35.5. The van der Waals surface area contributed by atoms with Gasteiger partial charge in [0.15, 0.2) is 0 Å². The maximum atomic E-state index is 13.6. The molecule has 0 amide bonds. The SMILES string of the molecule is COCC=CC1CCC(c2ccc(-c3ccc(Cl)c(F)c3)cc2)CC1. The van der Waals surface area contributed by atoms with Crippen LogP contribution in [0.4, 0.5) is 4.39 Å². The zero-order valence-electron chi connectivity index (χ0n) is 14.6. The van der Waals surface area contributed by atoms with Gasteiger partial charge in [-0.1, -0.05) is 54.1 Å². The van der Waals surface area contributed by atoms with Crippen LogP contribution in [0.5, 0.6) is 0 Å². The van der Waals surface area contributed by atoms with Gasteiger partial charge in [-0.2, -0.15) is 0 Å². The summed E-state index contributed by atoms with van der Waals surface area (Å²) in [5.41, 5.74) is 3.27. The van der Waals surface area contributed by atoms with E-state index in [0.29, 0.717) is 18.4 Å². The van der Waals surface area contributed by atoms with Gasteiger partial charge in [0.25, 0.3) is 0 Å². The number of hydrogen-bond donors (Lipinski definition) is 0. The average molecular weight is 359 g/mol. The molecule has 0 atom stereocenters. The standard InChI is InChI=1S/C22H24ClFO/c1-25-14-2-3-16-4-6-17(7-5-16)18-8-10-19(11-9-18)20-12-13-21(23)22(24)15-20/h2-3,8-13,15-17H,4-7,14H2,1H3. The van der Waals surface area contributed by atoms with Crippen LogP contribution in [0.15, 0.2) is 54.6 Å². The molecule has 3 rings (SSSR count). The van der Waals surface area contributed by atoms with Crippen LogP contribution in [0.2, 0.25) is 5.02 Å². The summed E-state index contributed by atoms with van der Waals surface area (Å²) < 4.78 is 18.7. The molecule has 2 aromatic rings. The van der Waals surface area contributed by atoms with E-state index in [1.165, 1.54) is 37.3 Å². The Balaban J connectivity index is 1.62. The summed E-state index contributed by atoms with van der Waals surface area (Å²) in [6.07, 6.45) is 9.33. The van der Waals surface area contributed by atoms with Crippen molar-refractivity contribution in [3.8, 4) is 11.1 Å². The topological polar surface area (TPSA) is 9.23 Å². The number of methoxy groups -OCH3 is 1. The Morgan fingerprint density at radius 2 is 1.72 bits per heavy atom. The Kier molecular flexibility index (Phi) is 6.28.